The molecule has 3 aromatic carbocycles. The summed E-state index contributed by atoms with van der Waals surface area (Å²) in [5.41, 5.74) is 1.81. The lowest BCUT2D eigenvalue weighted by molar-refractivity contribution is -0.301. The number of aliphatic hydroxyl groups is 1. The lowest BCUT2D eigenvalue weighted by Gasteiger charge is -2.49. The second-order valence-corrected chi connectivity index (χ2v) is 25.7. The maximum Gasteiger partial charge on any atom is 0.261 e. The average molecular weight is 705 g/mol. The van der Waals surface area contributed by atoms with Crippen LogP contribution in [0, 0.1) is 0 Å². The molecule has 0 amide bonds. The predicted octanol–water partition coefficient (Wildman–Crippen LogP) is 8.34. The Hall–Kier alpha value is -2.44. The number of ether oxygens (including phenoxy) is 2. The lowest BCUT2D eigenvalue weighted by Crippen LogP contribution is -2.66. The van der Waals surface area contributed by atoms with Crippen molar-refractivity contribution in [3.8, 4) is 0 Å². The topological polar surface area (TPSA) is 74.2 Å². The molecule has 4 atom stereocenters. The van der Waals surface area contributed by atoms with Crippen molar-refractivity contribution >= 4 is 32.8 Å². The quantitative estimate of drug-likeness (QED) is 0.170. The van der Waals surface area contributed by atoms with Crippen molar-refractivity contribution in [1.29, 1.82) is 0 Å². The van der Waals surface area contributed by atoms with Gasteiger partial charge in [-0.2, -0.15) is 0 Å². The van der Waals surface area contributed by atoms with Gasteiger partial charge >= 0.3 is 0 Å². The first-order chi connectivity index (χ1) is 23.0. The molecule has 0 unspecified atom stereocenters. The molecule has 0 saturated carbocycles. The summed E-state index contributed by atoms with van der Waals surface area (Å²) in [6, 6.07) is 30.8. The van der Waals surface area contributed by atoms with Crippen molar-refractivity contribution in [1.82, 2.24) is 0 Å². The highest BCUT2D eigenvalue weighted by molar-refractivity contribution is 6.99. The van der Waals surface area contributed by atoms with Crippen LogP contribution in [0.2, 0.25) is 21.7 Å². The fraction of sp³-hybridized carbons (Fsp3) is 0.537. The fourth-order valence-corrected chi connectivity index (χ4v) is 18.3. The Labute approximate surface area is 297 Å². The third-order valence-corrected chi connectivity index (χ3v) is 21.4. The Morgan fingerprint density at radius 1 is 0.735 bits per heavy atom. The van der Waals surface area contributed by atoms with Gasteiger partial charge in [-0.1, -0.05) is 153 Å². The van der Waals surface area contributed by atoms with Gasteiger partial charge in [-0.15, -0.1) is 0 Å². The summed E-state index contributed by atoms with van der Waals surface area (Å²) in [7, 11) is -5.28. The molecule has 0 bridgehead atoms. The number of hydrogen-bond donors (Lipinski definition) is 1. The molecule has 3 aromatic rings. The highest BCUT2D eigenvalue weighted by atomic mass is 28.4. The molecule has 1 heterocycles. The van der Waals surface area contributed by atoms with Crippen LogP contribution in [-0.2, 0) is 23.1 Å². The van der Waals surface area contributed by atoms with Crippen molar-refractivity contribution in [2.45, 2.75) is 134 Å². The molecule has 1 N–H and O–H groups in total. The highest BCUT2D eigenvalue weighted by Crippen LogP contribution is 2.47. The molecule has 6 nitrogen and oxygen atoms in total. The number of ketones is 1. The van der Waals surface area contributed by atoms with Gasteiger partial charge in [0.15, 0.2) is 17.7 Å². The van der Waals surface area contributed by atoms with Gasteiger partial charge in [-0.3, -0.25) is 4.79 Å². The van der Waals surface area contributed by atoms with Crippen LogP contribution in [0.15, 0.2) is 91.0 Å². The first-order valence-electron chi connectivity index (χ1n) is 18.0. The van der Waals surface area contributed by atoms with Gasteiger partial charge < -0.3 is 23.4 Å². The van der Waals surface area contributed by atoms with E-state index >= 15 is 0 Å². The Kier molecular flexibility index (Phi) is 12.7. The number of aliphatic hydroxyl groups excluding tert-OH is 1. The van der Waals surface area contributed by atoms with E-state index in [1.165, 1.54) is 10.4 Å². The molecule has 268 valence electrons. The van der Waals surface area contributed by atoms with E-state index in [0.29, 0.717) is 16.6 Å². The van der Waals surface area contributed by atoms with Gasteiger partial charge in [0.1, 0.15) is 12.2 Å². The molecule has 8 heteroatoms. The Balaban J connectivity index is 1.66. The maximum atomic E-state index is 14.5. The smallest absolute Gasteiger partial charge is 0.261 e. The van der Waals surface area contributed by atoms with E-state index < -0.39 is 46.8 Å². The summed E-state index contributed by atoms with van der Waals surface area (Å²) in [6.45, 7) is 24.0. The SMILES string of the molecule is CC(C)[Si](O[C@H](c1ccccc1)[C@H]1OC(C)(C)O[C@H]([C@H](O)CCO[Si](c2ccccc2)(c2ccccc2)C(C)(C)C)C1=O)(C(C)C)C(C)C. The molecule has 1 saturated heterocycles. The van der Waals surface area contributed by atoms with E-state index in [1.54, 1.807) is 0 Å². The first-order valence-corrected chi connectivity index (χ1v) is 22.1. The third-order valence-electron chi connectivity index (χ3n) is 10.3. The van der Waals surface area contributed by atoms with Crippen molar-refractivity contribution in [3.63, 3.8) is 0 Å². The Morgan fingerprint density at radius 3 is 1.59 bits per heavy atom. The summed E-state index contributed by atoms with van der Waals surface area (Å²) in [6.07, 6.45) is -3.57. The molecule has 0 spiro atoms. The molecular formula is C41H60O6Si2. The van der Waals surface area contributed by atoms with Gasteiger partial charge in [0.25, 0.3) is 8.32 Å². The van der Waals surface area contributed by atoms with Gasteiger partial charge in [0.2, 0.25) is 8.32 Å². The second kappa shape index (κ2) is 15.8. The summed E-state index contributed by atoms with van der Waals surface area (Å²) < 4.78 is 27.1. The molecule has 1 aliphatic rings. The molecule has 4 rings (SSSR count). The maximum absolute atomic E-state index is 14.5. The molecule has 0 aliphatic carbocycles. The van der Waals surface area contributed by atoms with E-state index in [4.69, 9.17) is 18.3 Å². The zero-order chi connectivity index (χ0) is 36.2. The van der Waals surface area contributed by atoms with Gasteiger partial charge in [-0.25, -0.2) is 0 Å². The number of carbonyl (C=O) groups is 1. The van der Waals surface area contributed by atoms with Crippen molar-refractivity contribution in [2.24, 2.45) is 0 Å². The number of carbonyl (C=O) groups excluding carboxylic acids is 1. The van der Waals surface area contributed by atoms with Crippen molar-refractivity contribution in [3.05, 3.63) is 96.6 Å². The normalized spacial score (nSPS) is 20.2. The molecule has 1 fully saturated rings. The van der Waals surface area contributed by atoms with Crippen LogP contribution < -0.4 is 10.4 Å². The van der Waals surface area contributed by atoms with E-state index in [9.17, 15) is 9.90 Å². The van der Waals surface area contributed by atoms with Crippen LogP contribution in [0.5, 0.6) is 0 Å². The van der Waals surface area contributed by atoms with Crippen LogP contribution in [0.4, 0.5) is 0 Å². The van der Waals surface area contributed by atoms with E-state index in [-0.39, 0.29) is 23.8 Å². The van der Waals surface area contributed by atoms with E-state index in [0.717, 1.165) is 5.56 Å². The molecule has 0 aromatic heterocycles. The predicted molar refractivity (Wildman–Crippen MR) is 204 cm³/mol. The minimum atomic E-state index is -2.82. The fourth-order valence-electron chi connectivity index (χ4n) is 8.22. The molecule has 0 radical (unpaired) electrons. The molecular weight excluding hydrogens is 645 g/mol. The monoisotopic (exact) mass is 704 g/mol. The summed E-state index contributed by atoms with van der Waals surface area (Å²) >= 11 is 0. The average Bonchev–Trinajstić information content (AvgIpc) is 3.04. The first kappa shape index (κ1) is 39.4. The number of rotatable bonds is 14. The second-order valence-electron chi connectivity index (χ2n) is 16.0. The third kappa shape index (κ3) is 8.22. The minimum Gasteiger partial charge on any atom is -0.407 e. The zero-order valence-electron chi connectivity index (χ0n) is 31.6. The van der Waals surface area contributed by atoms with Crippen molar-refractivity contribution < 1.29 is 28.2 Å². The van der Waals surface area contributed by atoms with Crippen molar-refractivity contribution in [2.75, 3.05) is 6.61 Å². The van der Waals surface area contributed by atoms with E-state index in [1.807, 2.05) is 56.3 Å². The van der Waals surface area contributed by atoms with Crippen LogP contribution in [0.1, 0.15) is 94.2 Å². The number of hydrogen-bond acceptors (Lipinski definition) is 6. The highest BCUT2D eigenvalue weighted by Gasteiger charge is 2.54. The summed E-state index contributed by atoms with van der Waals surface area (Å²) in [5.74, 6) is -1.43. The summed E-state index contributed by atoms with van der Waals surface area (Å²) in [4.78, 5) is 14.5. The molecule has 49 heavy (non-hydrogen) atoms. The minimum absolute atomic E-state index is 0.210. The number of Topliss-reactive ketones (excluding diaryl/α,β-unsaturated/α-hetero) is 1. The van der Waals surface area contributed by atoms with Crippen LogP contribution >= 0.6 is 0 Å². The summed E-state index contributed by atoms with van der Waals surface area (Å²) in [5, 5.41) is 13.9. The van der Waals surface area contributed by atoms with Gasteiger partial charge in [0, 0.05) is 6.61 Å². The largest absolute Gasteiger partial charge is 0.407 e. The van der Waals surface area contributed by atoms with Crippen LogP contribution in [-0.4, -0.2) is 58.2 Å². The van der Waals surface area contributed by atoms with E-state index in [2.05, 4.69) is 111 Å². The van der Waals surface area contributed by atoms with Gasteiger partial charge in [-0.05, 0) is 57.9 Å². The standard InChI is InChI=1S/C41H60O6Si2/c1-29(2)48(30(3)4,31(5)6)47-37(32-21-15-12-16-22-32)39-36(43)38(45-41(10,11)46-39)35(42)27-28-44-49(40(7,8)9,33-23-17-13-18-24-33)34-25-19-14-20-26-34/h12-26,29-31,35,37-39,42H,27-28H2,1-11H3/t35-,37-,38-,39+/m1/s1. The molecule has 1 aliphatic heterocycles. The Morgan fingerprint density at radius 2 is 1.16 bits per heavy atom. The zero-order valence-corrected chi connectivity index (χ0v) is 33.6. The van der Waals surface area contributed by atoms with Crippen LogP contribution in [0.25, 0.3) is 0 Å². The Bertz CT molecular complexity index is 1410. The van der Waals surface area contributed by atoms with Crippen LogP contribution in [0.3, 0.4) is 0 Å². The van der Waals surface area contributed by atoms with Gasteiger partial charge in [0.05, 0.1) is 6.10 Å². The number of benzene rings is 3. The lowest BCUT2D eigenvalue weighted by atomic mass is 9.93.